The van der Waals surface area contributed by atoms with Crippen LogP contribution in [-0.4, -0.2) is 81.9 Å². The quantitative estimate of drug-likeness (QED) is 0.667. The van der Waals surface area contributed by atoms with Gasteiger partial charge in [-0.05, 0) is 37.6 Å². The Labute approximate surface area is 180 Å². The third-order valence-corrected chi connectivity index (χ3v) is 5.45. The van der Waals surface area contributed by atoms with Gasteiger partial charge in [-0.3, -0.25) is 4.79 Å². The van der Waals surface area contributed by atoms with E-state index in [9.17, 15) is 4.79 Å². The Morgan fingerprint density at radius 3 is 2.47 bits per heavy atom. The Balaban J connectivity index is 1.61. The molecule has 1 aromatic heterocycles. The highest BCUT2D eigenvalue weighted by Gasteiger charge is 2.23. The zero-order chi connectivity index (χ0) is 21.6. The highest BCUT2D eigenvalue weighted by molar-refractivity contribution is 5.76. The van der Waals surface area contributed by atoms with Gasteiger partial charge in [0.05, 0.1) is 18.4 Å². The second-order valence-electron chi connectivity index (χ2n) is 9.54. The van der Waals surface area contributed by atoms with Crippen LogP contribution in [0.2, 0.25) is 0 Å². The van der Waals surface area contributed by atoms with Gasteiger partial charge in [-0.2, -0.15) is 0 Å². The topological polar surface area (TPSA) is 57.5 Å². The molecule has 30 heavy (non-hydrogen) atoms. The summed E-state index contributed by atoms with van der Waals surface area (Å²) in [7, 11) is 2.17. The number of carbonyl (C=O) groups is 1. The molecule has 1 saturated heterocycles. The molecule has 2 aromatic rings. The molecule has 164 valence electrons. The maximum atomic E-state index is 13.0. The summed E-state index contributed by atoms with van der Waals surface area (Å²) in [4.78, 5) is 19.8. The van der Waals surface area contributed by atoms with E-state index in [2.05, 4.69) is 47.9 Å². The first-order valence-electron chi connectivity index (χ1n) is 11.0. The van der Waals surface area contributed by atoms with Crippen molar-refractivity contribution >= 4 is 5.91 Å². The van der Waals surface area contributed by atoms with Gasteiger partial charge in [0.2, 0.25) is 5.91 Å². The summed E-state index contributed by atoms with van der Waals surface area (Å²) in [5.74, 6) is 0.190. The lowest BCUT2D eigenvalue weighted by atomic mass is 9.91. The van der Waals surface area contributed by atoms with E-state index in [0.29, 0.717) is 13.0 Å². The summed E-state index contributed by atoms with van der Waals surface area (Å²) in [6.07, 6.45) is 3.44. The summed E-state index contributed by atoms with van der Waals surface area (Å²) < 4.78 is 1.77. The minimum atomic E-state index is -0.0333. The fraction of sp³-hybridized carbons (Fsp3) is 0.609. The van der Waals surface area contributed by atoms with E-state index in [1.807, 2.05) is 41.4 Å². The monoisotopic (exact) mass is 412 g/mol. The SMILES string of the molecule is CN1CCN(CCCN(Cc2cn(-c3ccccc3)nn2)C(=O)CC(C)(C)C)CC1. The van der Waals surface area contributed by atoms with Crippen molar-refractivity contribution in [3.05, 3.63) is 42.2 Å². The maximum Gasteiger partial charge on any atom is 0.223 e. The zero-order valence-electron chi connectivity index (χ0n) is 18.9. The second-order valence-corrected chi connectivity index (χ2v) is 9.54. The first-order valence-corrected chi connectivity index (χ1v) is 11.0. The lowest BCUT2D eigenvalue weighted by Crippen LogP contribution is -2.45. The van der Waals surface area contributed by atoms with Crippen LogP contribution in [0.5, 0.6) is 0 Å². The van der Waals surface area contributed by atoms with Crippen LogP contribution in [-0.2, 0) is 11.3 Å². The summed E-state index contributed by atoms with van der Waals surface area (Å²) in [6.45, 7) is 13.1. The molecule has 3 rings (SSSR count). The van der Waals surface area contributed by atoms with E-state index in [1.54, 1.807) is 4.68 Å². The summed E-state index contributed by atoms with van der Waals surface area (Å²) in [5, 5.41) is 8.57. The normalized spacial score (nSPS) is 16.0. The summed E-state index contributed by atoms with van der Waals surface area (Å²) in [6, 6.07) is 9.94. The molecule has 0 atom stereocenters. The molecule has 1 aromatic carbocycles. The van der Waals surface area contributed by atoms with Gasteiger partial charge in [0, 0.05) is 39.1 Å². The first-order chi connectivity index (χ1) is 14.3. The van der Waals surface area contributed by atoms with Crippen molar-refractivity contribution in [1.82, 2.24) is 29.7 Å². The van der Waals surface area contributed by atoms with Gasteiger partial charge >= 0.3 is 0 Å². The maximum absolute atomic E-state index is 13.0. The van der Waals surface area contributed by atoms with E-state index >= 15 is 0 Å². The van der Waals surface area contributed by atoms with Crippen LogP contribution >= 0.6 is 0 Å². The molecule has 0 radical (unpaired) electrons. The largest absolute Gasteiger partial charge is 0.337 e. The van der Waals surface area contributed by atoms with Gasteiger partial charge in [-0.1, -0.05) is 44.2 Å². The molecule has 1 aliphatic heterocycles. The lowest BCUT2D eigenvalue weighted by molar-refractivity contribution is -0.133. The molecule has 7 heteroatoms. The van der Waals surface area contributed by atoms with Crippen molar-refractivity contribution in [3.8, 4) is 5.69 Å². The highest BCUT2D eigenvalue weighted by Crippen LogP contribution is 2.21. The molecule has 7 nitrogen and oxygen atoms in total. The molecule has 1 amide bonds. The minimum absolute atomic E-state index is 0.0333. The Bertz CT molecular complexity index is 790. The molecule has 0 N–H and O–H groups in total. The number of hydrogen-bond acceptors (Lipinski definition) is 5. The Hall–Kier alpha value is -2.25. The average molecular weight is 413 g/mol. The van der Waals surface area contributed by atoms with Crippen molar-refractivity contribution in [2.24, 2.45) is 5.41 Å². The van der Waals surface area contributed by atoms with Crippen molar-refractivity contribution in [2.45, 2.75) is 40.2 Å². The van der Waals surface area contributed by atoms with Gasteiger partial charge in [-0.25, -0.2) is 4.68 Å². The van der Waals surface area contributed by atoms with Crippen molar-refractivity contribution in [2.75, 3.05) is 46.3 Å². The van der Waals surface area contributed by atoms with Crippen molar-refractivity contribution in [1.29, 1.82) is 0 Å². The standard InChI is InChI=1S/C23H36N6O/c1-23(2,3)17-22(30)28(12-8-11-27-15-13-26(4)14-16-27)18-20-19-29(25-24-20)21-9-6-5-7-10-21/h5-7,9-10,19H,8,11-18H2,1-4H3. The molecular formula is C23H36N6O. The van der Waals surface area contributed by atoms with Crippen LogP contribution < -0.4 is 0 Å². The summed E-state index contributed by atoms with van der Waals surface area (Å²) >= 11 is 0. The Morgan fingerprint density at radius 1 is 1.10 bits per heavy atom. The molecule has 1 aliphatic rings. The molecule has 2 heterocycles. The molecular weight excluding hydrogens is 376 g/mol. The van der Waals surface area contributed by atoms with Crippen molar-refractivity contribution in [3.63, 3.8) is 0 Å². The number of hydrogen-bond donors (Lipinski definition) is 0. The van der Waals surface area contributed by atoms with Crippen LogP contribution in [0.25, 0.3) is 5.69 Å². The van der Waals surface area contributed by atoms with Gasteiger partial charge < -0.3 is 14.7 Å². The van der Waals surface area contributed by atoms with Crippen LogP contribution in [0.4, 0.5) is 0 Å². The second kappa shape index (κ2) is 10.2. The number of benzene rings is 1. The molecule has 0 unspecified atom stereocenters. The van der Waals surface area contributed by atoms with Gasteiger partial charge in [0.25, 0.3) is 0 Å². The van der Waals surface area contributed by atoms with E-state index < -0.39 is 0 Å². The molecule has 0 aliphatic carbocycles. The van der Waals surface area contributed by atoms with Crippen LogP contribution in [0.3, 0.4) is 0 Å². The first kappa shape index (κ1) is 22.4. The van der Waals surface area contributed by atoms with Crippen LogP contribution in [0.15, 0.2) is 36.5 Å². The third-order valence-electron chi connectivity index (χ3n) is 5.45. The summed E-state index contributed by atoms with van der Waals surface area (Å²) in [5.41, 5.74) is 1.76. The average Bonchev–Trinajstić information content (AvgIpc) is 3.17. The minimum Gasteiger partial charge on any atom is -0.337 e. The number of amides is 1. The third kappa shape index (κ3) is 6.92. The number of piperazine rings is 1. The van der Waals surface area contributed by atoms with Gasteiger partial charge in [-0.15, -0.1) is 5.10 Å². The number of para-hydroxylation sites is 1. The van der Waals surface area contributed by atoms with E-state index in [-0.39, 0.29) is 11.3 Å². The van der Waals surface area contributed by atoms with Crippen LogP contribution in [0.1, 0.15) is 39.3 Å². The molecule has 0 saturated carbocycles. The molecule has 0 spiro atoms. The highest BCUT2D eigenvalue weighted by atomic mass is 16.2. The zero-order valence-corrected chi connectivity index (χ0v) is 18.9. The fourth-order valence-corrected chi connectivity index (χ4v) is 3.69. The number of nitrogens with zero attached hydrogens (tertiary/aromatic N) is 6. The number of likely N-dealkylation sites (N-methyl/N-ethyl adjacent to an activating group) is 1. The molecule has 0 bridgehead atoms. The van der Waals surface area contributed by atoms with Gasteiger partial charge in [0.1, 0.15) is 5.69 Å². The van der Waals surface area contributed by atoms with Crippen LogP contribution in [0, 0.1) is 5.41 Å². The number of carbonyl (C=O) groups excluding carboxylic acids is 1. The number of rotatable bonds is 8. The van der Waals surface area contributed by atoms with E-state index in [1.165, 1.54) is 0 Å². The van der Waals surface area contributed by atoms with E-state index in [4.69, 9.17) is 0 Å². The Kier molecular flexibility index (Phi) is 7.61. The Morgan fingerprint density at radius 2 is 1.80 bits per heavy atom. The predicted octanol–water partition coefficient (Wildman–Crippen LogP) is 2.67. The number of aromatic nitrogens is 3. The van der Waals surface area contributed by atoms with Crippen molar-refractivity contribution < 1.29 is 4.79 Å². The smallest absolute Gasteiger partial charge is 0.223 e. The predicted molar refractivity (Wildman–Crippen MR) is 119 cm³/mol. The molecule has 1 fully saturated rings. The van der Waals surface area contributed by atoms with E-state index in [0.717, 1.165) is 57.1 Å². The van der Waals surface area contributed by atoms with Gasteiger partial charge in [0.15, 0.2) is 0 Å². The fourth-order valence-electron chi connectivity index (χ4n) is 3.69. The lowest BCUT2D eigenvalue weighted by Gasteiger charge is -2.33.